The molecule has 2 N–H and O–H groups in total. The van der Waals surface area contributed by atoms with Crippen LogP contribution < -0.4 is 5.73 Å². The molecule has 1 aromatic carbocycles. The molecule has 1 aliphatic heterocycles. The van der Waals surface area contributed by atoms with Crippen molar-refractivity contribution in [3.63, 3.8) is 0 Å². The number of rotatable bonds is 4. The Morgan fingerprint density at radius 2 is 2.12 bits per heavy atom. The van der Waals surface area contributed by atoms with E-state index in [1.165, 1.54) is 24.1 Å². The summed E-state index contributed by atoms with van der Waals surface area (Å²) in [6.07, 6.45) is 3.46. The Balaban J connectivity index is 1.93. The van der Waals surface area contributed by atoms with E-state index in [1.54, 1.807) is 0 Å². The first-order valence-corrected chi connectivity index (χ1v) is 6.37. The van der Waals surface area contributed by atoms with Crippen LogP contribution in [0.25, 0.3) is 0 Å². The number of benzene rings is 1. The standard InChI is InChI=1S/C13H19ClN2/c14-13-4-3-12-10-16(7-2-1-6-15)8-5-11(12)9-13/h3-4,9H,1-2,5-8,10,15H2. The van der Waals surface area contributed by atoms with Crippen LogP contribution in [-0.4, -0.2) is 24.5 Å². The average Bonchev–Trinajstić information content (AvgIpc) is 2.29. The normalized spacial score (nSPS) is 16.1. The summed E-state index contributed by atoms with van der Waals surface area (Å²) in [5.41, 5.74) is 8.36. The van der Waals surface area contributed by atoms with Crippen molar-refractivity contribution >= 4 is 11.6 Å². The average molecular weight is 239 g/mol. The van der Waals surface area contributed by atoms with Gasteiger partial charge < -0.3 is 5.73 Å². The van der Waals surface area contributed by atoms with Gasteiger partial charge in [-0.1, -0.05) is 17.7 Å². The molecule has 0 unspecified atom stereocenters. The Morgan fingerprint density at radius 1 is 1.25 bits per heavy atom. The molecule has 88 valence electrons. The first kappa shape index (κ1) is 11.9. The molecular formula is C13H19ClN2. The Labute approximate surface area is 102 Å². The third-order valence-corrected chi connectivity index (χ3v) is 3.42. The van der Waals surface area contributed by atoms with E-state index in [-0.39, 0.29) is 0 Å². The zero-order chi connectivity index (χ0) is 11.4. The predicted molar refractivity (Wildman–Crippen MR) is 68.7 cm³/mol. The maximum absolute atomic E-state index is 5.99. The van der Waals surface area contributed by atoms with Gasteiger partial charge >= 0.3 is 0 Å². The molecule has 0 bridgehead atoms. The number of unbranched alkanes of at least 4 members (excludes halogenated alkanes) is 1. The lowest BCUT2D eigenvalue weighted by atomic mass is 10.00. The summed E-state index contributed by atoms with van der Waals surface area (Å²) in [5.74, 6) is 0. The summed E-state index contributed by atoms with van der Waals surface area (Å²) in [5, 5.41) is 0.857. The largest absolute Gasteiger partial charge is 0.330 e. The first-order chi connectivity index (χ1) is 7.79. The summed E-state index contributed by atoms with van der Waals surface area (Å²) in [4.78, 5) is 2.51. The minimum atomic E-state index is 0.806. The number of halogens is 1. The van der Waals surface area contributed by atoms with E-state index >= 15 is 0 Å². The van der Waals surface area contributed by atoms with Crippen LogP contribution in [0, 0.1) is 0 Å². The van der Waals surface area contributed by atoms with Crippen molar-refractivity contribution in [2.45, 2.75) is 25.8 Å². The molecule has 0 atom stereocenters. The highest BCUT2D eigenvalue weighted by molar-refractivity contribution is 6.30. The van der Waals surface area contributed by atoms with Gasteiger partial charge in [-0.15, -0.1) is 0 Å². The van der Waals surface area contributed by atoms with Crippen molar-refractivity contribution in [2.75, 3.05) is 19.6 Å². The molecule has 0 spiro atoms. The fourth-order valence-corrected chi connectivity index (χ4v) is 2.45. The Bertz CT molecular complexity index is 352. The molecule has 1 aromatic rings. The zero-order valence-corrected chi connectivity index (χ0v) is 10.3. The highest BCUT2D eigenvalue weighted by atomic mass is 35.5. The minimum Gasteiger partial charge on any atom is -0.330 e. The molecule has 0 saturated carbocycles. The number of hydrogen-bond acceptors (Lipinski definition) is 2. The molecule has 3 heteroatoms. The molecular weight excluding hydrogens is 220 g/mol. The van der Waals surface area contributed by atoms with Crippen molar-refractivity contribution in [1.82, 2.24) is 4.90 Å². The SMILES string of the molecule is NCCCCN1CCc2cc(Cl)ccc2C1. The zero-order valence-electron chi connectivity index (χ0n) is 9.58. The number of fused-ring (bicyclic) bond motifs is 1. The van der Waals surface area contributed by atoms with Crippen LogP contribution in [0.3, 0.4) is 0 Å². The lowest BCUT2D eigenvalue weighted by Crippen LogP contribution is -2.31. The predicted octanol–water partition coefficient (Wildman–Crippen LogP) is 2.44. The lowest BCUT2D eigenvalue weighted by molar-refractivity contribution is 0.249. The van der Waals surface area contributed by atoms with Crippen molar-refractivity contribution in [2.24, 2.45) is 5.73 Å². The van der Waals surface area contributed by atoms with E-state index in [9.17, 15) is 0 Å². The fraction of sp³-hybridized carbons (Fsp3) is 0.538. The van der Waals surface area contributed by atoms with Crippen LogP contribution in [0.5, 0.6) is 0 Å². The topological polar surface area (TPSA) is 29.3 Å². The van der Waals surface area contributed by atoms with Gasteiger partial charge in [0.05, 0.1) is 0 Å². The first-order valence-electron chi connectivity index (χ1n) is 5.99. The van der Waals surface area contributed by atoms with Crippen molar-refractivity contribution < 1.29 is 0 Å². The summed E-state index contributed by atoms with van der Waals surface area (Å²) in [7, 11) is 0. The van der Waals surface area contributed by atoms with E-state index in [2.05, 4.69) is 17.0 Å². The minimum absolute atomic E-state index is 0.806. The van der Waals surface area contributed by atoms with Gasteiger partial charge in [0.2, 0.25) is 0 Å². The molecule has 0 amide bonds. The van der Waals surface area contributed by atoms with Gasteiger partial charge in [0, 0.05) is 18.1 Å². The molecule has 1 aliphatic rings. The van der Waals surface area contributed by atoms with Gasteiger partial charge in [-0.25, -0.2) is 0 Å². The van der Waals surface area contributed by atoms with Gasteiger partial charge in [-0.3, -0.25) is 4.90 Å². The molecule has 1 heterocycles. The van der Waals surface area contributed by atoms with E-state index in [1.807, 2.05) is 6.07 Å². The smallest absolute Gasteiger partial charge is 0.0408 e. The molecule has 0 aliphatic carbocycles. The highest BCUT2D eigenvalue weighted by Gasteiger charge is 2.15. The van der Waals surface area contributed by atoms with E-state index in [0.29, 0.717) is 0 Å². The van der Waals surface area contributed by atoms with Crippen molar-refractivity contribution in [1.29, 1.82) is 0 Å². The van der Waals surface area contributed by atoms with Crippen molar-refractivity contribution in [3.8, 4) is 0 Å². The molecule has 2 nitrogen and oxygen atoms in total. The van der Waals surface area contributed by atoms with Crippen LogP contribution in [0.1, 0.15) is 24.0 Å². The van der Waals surface area contributed by atoms with Crippen LogP contribution >= 0.6 is 11.6 Å². The molecule has 0 aromatic heterocycles. The summed E-state index contributed by atoms with van der Waals surface area (Å²) in [6, 6.07) is 6.25. The summed E-state index contributed by atoms with van der Waals surface area (Å²) in [6.45, 7) is 4.19. The highest BCUT2D eigenvalue weighted by Crippen LogP contribution is 2.22. The van der Waals surface area contributed by atoms with Gasteiger partial charge in [0.25, 0.3) is 0 Å². The van der Waals surface area contributed by atoms with E-state index in [4.69, 9.17) is 17.3 Å². The number of hydrogen-bond donors (Lipinski definition) is 1. The van der Waals surface area contributed by atoms with Gasteiger partial charge in [-0.05, 0) is 55.6 Å². The molecule has 0 fully saturated rings. The van der Waals surface area contributed by atoms with Crippen LogP contribution in [0.15, 0.2) is 18.2 Å². The maximum atomic E-state index is 5.99. The Hall–Kier alpha value is -0.570. The van der Waals surface area contributed by atoms with Crippen LogP contribution in [0.4, 0.5) is 0 Å². The second-order valence-electron chi connectivity index (χ2n) is 4.43. The van der Waals surface area contributed by atoms with Crippen LogP contribution in [0.2, 0.25) is 5.02 Å². The summed E-state index contributed by atoms with van der Waals surface area (Å²) >= 11 is 5.99. The third kappa shape index (κ3) is 2.97. The molecule has 0 saturated heterocycles. The van der Waals surface area contributed by atoms with Gasteiger partial charge in [0.15, 0.2) is 0 Å². The molecule has 2 rings (SSSR count). The van der Waals surface area contributed by atoms with E-state index in [0.717, 1.165) is 37.5 Å². The second kappa shape index (κ2) is 5.67. The second-order valence-corrected chi connectivity index (χ2v) is 4.87. The van der Waals surface area contributed by atoms with E-state index < -0.39 is 0 Å². The third-order valence-electron chi connectivity index (χ3n) is 3.19. The summed E-state index contributed by atoms with van der Waals surface area (Å²) < 4.78 is 0. The monoisotopic (exact) mass is 238 g/mol. The van der Waals surface area contributed by atoms with Gasteiger partial charge in [0.1, 0.15) is 0 Å². The van der Waals surface area contributed by atoms with Crippen molar-refractivity contribution in [3.05, 3.63) is 34.3 Å². The quantitative estimate of drug-likeness (QED) is 0.817. The van der Waals surface area contributed by atoms with Crippen LogP contribution in [-0.2, 0) is 13.0 Å². The van der Waals surface area contributed by atoms with Gasteiger partial charge in [-0.2, -0.15) is 0 Å². The molecule has 0 radical (unpaired) electrons. The fourth-order valence-electron chi connectivity index (χ4n) is 2.25. The number of nitrogens with zero attached hydrogens (tertiary/aromatic N) is 1. The molecule has 16 heavy (non-hydrogen) atoms. The Kier molecular flexibility index (Phi) is 4.22. The number of nitrogens with two attached hydrogens (primary N) is 1. The maximum Gasteiger partial charge on any atom is 0.0408 e. The Morgan fingerprint density at radius 3 is 2.94 bits per heavy atom. The lowest BCUT2D eigenvalue weighted by Gasteiger charge is -2.28.